The second-order valence-electron chi connectivity index (χ2n) is 8.04. The van der Waals surface area contributed by atoms with E-state index in [9.17, 15) is 4.79 Å². The van der Waals surface area contributed by atoms with Gasteiger partial charge in [-0.2, -0.15) is 5.10 Å². The number of piperidine rings is 1. The lowest BCUT2D eigenvalue weighted by Crippen LogP contribution is -2.44. The first-order chi connectivity index (χ1) is 11.7. The molecule has 0 spiro atoms. The standard InChI is InChI=1S/C19H30N4O.ClH/c1-14-4-6-15(7-5-14)23(16-8-9-16)19(24)18-10-12-22(21-18)17-3-2-11-20-13-17;/h10,12,14-17,20H,2-9,11,13H2,1H3;1H. The van der Waals surface area contributed by atoms with Crippen molar-refractivity contribution >= 4 is 18.3 Å². The van der Waals surface area contributed by atoms with Gasteiger partial charge in [-0.25, -0.2) is 0 Å². The molecule has 2 heterocycles. The van der Waals surface area contributed by atoms with Crippen molar-refractivity contribution in [2.75, 3.05) is 13.1 Å². The van der Waals surface area contributed by atoms with Crippen LogP contribution in [0.3, 0.4) is 0 Å². The van der Waals surface area contributed by atoms with Gasteiger partial charge in [-0.1, -0.05) is 6.92 Å². The maximum atomic E-state index is 13.1. The molecule has 140 valence electrons. The number of aromatic nitrogens is 2. The summed E-state index contributed by atoms with van der Waals surface area (Å²) in [6.07, 6.45) is 11.5. The van der Waals surface area contributed by atoms with Gasteiger partial charge in [-0.15, -0.1) is 12.4 Å². The van der Waals surface area contributed by atoms with Gasteiger partial charge in [0.05, 0.1) is 6.04 Å². The zero-order valence-electron chi connectivity index (χ0n) is 15.2. The second kappa shape index (κ2) is 8.09. The zero-order valence-corrected chi connectivity index (χ0v) is 16.0. The van der Waals surface area contributed by atoms with Gasteiger partial charge in [0.2, 0.25) is 0 Å². The smallest absolute Gasteiger partial charge is 0.274 e. The van der Waals surface area contributed by atoms with E-state index < -0.39 is 0 Å². The lowest BCUT2D eigenvalue weighted by molar-refractivity contribution is 0.0585. The van der Waals surface area contributed by atoms with Crippen LogP contribution in [0.15, 0.2) is 12.3 Å². The van der Waals surface area contributed by atoms with Crippen molar-refractivity contribution in [1.82, 2.24) is 20.0 Å². The van der Waals surface area contributed by atoms with Crippen molar-refractivity contribution in [3.8, 4) is 0 Å². The third-order valence-corrected chi connectivity index (χ3v) is 6.03. The average molecular weight is 367 g/mol. The first kappa shape index (κ1) is 18.7. The van der Waals surface area contributed by atoms with Crippen molar-refractivity contribution in [1.29, 1.82) is 0 Å². The van der Waals surface area contributed by atoms with Crippen LogP contribution in [0.5, 0.6) is 0 Å². The SMILES string of the molecule is CC1CCC(N(C(=O)c2ccn(C3CCCNC3)n2)C2CC2)CC1.Cl. The lowest BCUT2D eigenvalue weighted by atomic mass is 9.86. The van der Waals surface area contributed by atoms with Gasteiger partial charge in [0.15, 0.2) is 0 Å². The van der Waals surface area contributed by atoms with E-state index in [2.05, 4.69) is 22.2 Å². The zero-order chi connectivity index (χ0) is 16.5. The molecule has 1 aromatic heterocycles. The number of nitrogens with one attached hydrogen (secondary N) is 1. The number of nitrogens with zero attached hydrogens (tertiary/aromatic N) is 3. The maximum Gasteiger partial charge on any atom is 0.274 e. The van der Waals surface area contributed by atoms with E-state index in [1.807, 2.05) is 16.9 Å². The van der Waals surface area contributed by atoms with E-state index in [0.717, 1.165) is 38.3 Å². The topological polar surface area (TPSA) is 50.2 Å². The predicted molar refractivity (Wildman–Crippen MR) is 101 cm³/mol. The molecule has 0 bridgehead atoms. The predicted octanol–water partition coefficient (Wildman–Crippen LogP) is 3.41. The van der Waals surface area contributed by atoms with Crippen LogP contribution in [0.2, 0.25) is 0 Å². The van der Waals surface area contributed by atoms with Crippen molar-refractivity contribution in [3.63, 3.8) is 0 Å². The Morgan fingerprint density at radius 2 is 1.84 bits per heavy atom. The number of carbonyl (C=O) groups excluding carboxylic acids is 1. The second-order valence-corrected chi connectivity index (χ2v) is 8.04. The van der Waals surface area contributed by atoms with Crippen LogP contribution in [0, 0.1) is 5.92 Å². The molecular formula is C19H31ClN4O. The fraction of sp³-hybridized carbons (Fsp3) is 0.789. The Hall–Kier alpha value is -1.07. The Bertz CT molecular complexity index is 572. The highest BCUT2D eigenvalue weighted by Gasteiger charge is 2.39. The molecule has 1 aromatic rings. The molecule has 3 aliphatic rings. The molecule has 2 aliphatic carbocycles. The van der Waals surface area contributed by atoms with Gasteiger partial charge in [-0.05, 0) is 69.9 Å². The summed E-state index contributed by atoms with van der Waals surface area (Å²) in [4.78, 5) is 15.3. The van der Waals surface area contributed by atoms with Crippen molar-refractivity contribution in [2.24, 2.45) is 5.92 Å². The molecule has 3 fully saturated rings. The molecule has 0 radical (unpaired) electrons. The van der Waals surface area contributed by atoms with Gasteiger partial charge in [0.1, 0.15) is 5.69 Å². The van der Waals surface area contributed by atoms with Crippen LogP contribution in [0.1, 0.15) is 74.8 Å². The summed E-state index contributed by atoms with van der Waals surface area (Å²) in [5.74, 6) is 0.981. The number of rotatable bonds is 4. The average Bonchev–Trinajstić information content (AvgIpc) is 3.32. The largest absolute Gasteiger partial charge is 0.331 e. The molecular weight excluding hydrogens is 336 g/mol. The number of amides is 1. The highest BCUT2D eigenvalue weighted by molar-refractivity contribution is 5.92. The van der Waals surface area contributed by atoms with Gasteiger partial charge in [-0.3, -0.25) is 9.48 Å². The minimum Gasteiger partial charge on any atom is -0.331 e. The fourth-order valence-corrected chi connectivity index (χ4v) is 4.35. The molecule has 25 heavy (non-hydrogen) atoms. The molecule has 1 unspecified atom stereocenters. The van der Waals surface area contributed by atoms with E-state index in [-0.39, 0.29) is 18.3 Å². The third-order valence-electron chi connectivity index (χ3n) is 6.03. The molecule has 1 atom stereocenters. The molecule has 5 nitrogen and oxygen atoms in total. The van der Waals surface area contributed by atoms with Gasteiger partial charge >= 0.3 is 0 Å². The lowest BCUT2D eigenvalue weighted by Gasteiger charge is -2.36. The highest BCUT2D eigenvalue weighted by atomic mass is 35.5. The maximum absolute atomic E-state index is 13.1. The first-order valence-electron chi connectivity index (χ1n) is 9.81. The molecule has 1 N–H and O–H groups in total. The Kier molecular flexibility index (Phi) is 6.05. The third kappa shape index (κ3) is 4.20. The quantitative estimate of drug-likeness (QED) is 0.888. The normalized spacial score (nSPS) is 29.7. The van der Waals surface area contributed by atoms with E-state index >= 15 is 0 Å². The minimum absolute atomic E-state index is 0. The summed E-state index contributed by atoms with van der Waals surface area (Å²) in [5.41, 5.74) is 0.645. The van der Waals surface area contributed by atoms with E-state index in [4.69, 9.17) is 0 Å². The first-order valence-corrected chi connectivity index (χ1v) is 9.81. The Balaban J connectivity index is 0.00000182. The summed E-state index contributed by atoms with van der Waals surface area (Å²) >= 11 is 0. The molecule has 0 aromatic carbocycles. The molecule has 2 saturated carbocycles. The molecule has 6 heteroatoms. The number of halogens is 1. The van der Waals surface area contributed by atoms with Crippen LogP contribution in [0.4, 0.5) is 0 Å². The van der Waals surface area contributed by atoms with Crippen LogP contribution in [-0.2, 0) is 0 Å². The fourth-order valence-electron chi connectivity index (χ4n) is 4.35. The van der Waals surface area contributed by atoms with E-state index in [1.165, 1.54) is 32.1 Å². The summed E-state index contributed by atoms with van der Waals surface area (Å²) in [7, 11) is 0. The van der Waals surface area contributed by atoms with Gasteiger partial charge < -0.3 is 10.2 Å². The molecule has 1 aliphatic heterocycles. The van der Waals surface area contributed by atoms with Crippen LogP contribution in [0.25, 0.3) is 0 Å². The number of hydrogen-bond acceptors (Lipinski definition) is 3. The Morgan fingerprint density at radius 1 is 1.16 bits per heavy atom. The summed E-state index contributed by atoms with van der Waals surface area (Å²) < 4.78 is 2.01. The van der Waals surface area contributed by atoms with Crippen LogP contribution >= 0.6 is 12.4 Å². The molecule has 4 rings (SSSR count). The summed E-state index contributed by atoms with van der Waals surface area (Å²) in [6.45, 7) is 4.39. The monoisotopic (exact) mass is 366 g/mol. The van der Waals surface area contributed by atoms with Crippen LogP contribution < -0.4 is 5.32 Å². The Labute approximate surface area is 156 Å². The highest BCUT2D eigenvalue weighted by Crippen LogP contribution is 2.36. The molecule has 1 amide bonds. The van der Waals surface area contributed by atoms with Gasteiger partial charge in [0, 0.05) is 24.8 Å². The number of hydrogen-bond donors (Lipinski definition) is 1. The summed E-state index contributed by atoms with van der Waals surface area (Å²) in [6, 6.07) is 3.22. The number of carbonyl (C=O) groups is 1. The van der Waals surface area contributed by atoms with E-state index in [1.54, 1.807) is 0 Å². The Morgan fingerprint density at radius 3 is 2.44 bits per heavy atom. The minimum atomic E-state index is 0. The van der Waals surface area contributed by atoms with Crippen LogP contribution in [-0.4, -0.2) is 45.8 Å². The van der Waals surface area contributed by atoms with Crippen molar-refractivity contribution < 1.29 is 4.79 Å². The van der Waals surface area contributed by atoms with Gasteiger partial charge in [0.25, 0.3) is 5.91 Å². The van der Waals surface area contributed by atoms with Crippen molar-refractivity contribution in [2.45, 2.75) is 76.4 Å². The van der Waals surface area contributed by atoms with Crippen molar-refractivity contribution in [3.05, 3.63) is 18.0 Å². The summed E-state index contributed by atoms with van der Waals surface area (Å²) in [5, 5.41) is 8.08. The molecule has 1 saturated heterocycles. The van der Waals surface area contributed by atoms with E-state index in [0.29, 0.717) is 23.8 Å².